The molecular weight excluding hydrogens is 280 g/mol. The molecule has 0 saturated heterocycles. The standard InChI is InChI=1S/C16H30N4O2/c1-3-5-6-7-8-9-10-11-12-18-14-13-15(22-4-2)19-16(17)20(14)21/h13,18H,3-12H2,1-2H3,(H2,17,19). The van der Waals surface area contributed by atoms with E-state index in [9.17, 15) is 5.21 Å². The van der Waals surface area contributed by atoms with Crippen LogP contribution in [0.15, 0.2) is 6.07 Å². The molecule has 6 heteroatoms. The van der Waals surface area contributed by atoms with Gasteiger partial charge in [-0.25, -0.2) is 4.73 Å². The molecule has 1 heterocycles. The summed E-state index contributed by atoms with van der Waals surface area (Å²) in [6.45, 7) is 5.35. The highest BCUT2D eigenvalue weighted by atomic mass is 16.5. The average molecular weight is 310 g/mol. The first kappa shape index (κ1) is 18.3. The predicted molar refractivity (Wildman–Crippen MR) is 89.9 cm³/mol. The van der Waals surface area contributed by atoms with Gasteiger partial charge in [-0.2, -0.15) is 0 Å². The molecule has 0 aliphatic heterocycles. The molecule has 0 saturated carbocycles. The molecule has 0 atom stereocenters. The SMILES string of the molecule is CCCCCCCCCCNc1cc(OCC)nc(N)[n+]1[O-]. The molecule has 0 aliphatic carbocycles. The third-order valence-corrected chi connectivity index (χ3v) is 3.54. The topological polar surface area (TPSA) is 87.1 Å². The van der Waals surface area contributed by atoms with Crippen LogP contribution in [0.5, 0.6) is 5.88 Å². The third kappa shape index (κ3) is 6.83. The third-order valence-electron chi connectivity index (χ3n) is 3.54. The number of rotatable bonds is 12. The lowest BCUT2D eigenvalue weighted by atomic mass is 10.1. The van der Waals surface area contributed by atoms with Crippen molar-refractivity contribution >= 4 is 11.8 Å². The fourth-order valence-corrected chi connectivity index (χ4v) is 2.31. The maximum atomic E-state index is 11.8. The second kappa shape index (κ2) is 10.9. The minimum Gasteiger partial charge on any atom is -0.754 e. The smallest absolute Gasteiger partial charge is 0.347 e. The molecule has 6 nitrogen and oxygen atoms in total. The van der Waals surface area contributed by atoms with Crippen LogP contribution in [0, 0.1) is 5.21 Å². The Kier molecular flexibility index (Phi) is 9.11. The van der Waals surface area contributed by atoms with Gasteiger partial charge in [-0.1, -0.05) is 56.9 Å². The Morgan fingerprint density at radius 1 is 1.14 bits per heavy atom. The second-order valence-corrected chi connectivity index (χ2v) is 5.47. The fourth-order valence-electron chi connectivity index (χ4n) is 2.31. The molecule has 1 aromatic rings. The first-order valence-electron chi connectivity index (χ1n) is 8.45. The van der Waals surface area contributed by atoms with Crippen molar-refractivity contribution in [2.24, 2.45) is 0 Å². The van der Waals surface area contributed by atoms with Gasteiger partial charge in [0.25, 0.3) is 5.88 Å². The minimum absolute atomic E-state index is 0.0932. The zero-order valence-corrected chi connectivity index (χ0v) is 13.9. The second-order valence-electron chi connectivity index (χ2n) is 5.47. The summed E-state index contributed by atoms with van der Waals surface area (Å²) in [6, 6.07) is 1.59. The van der Waals surface area contributed by atoms with Crippen LogP contribution in [-0.4, -0.2) is 18.1 Å². The molecule has 0 radical (unpaired) electrons. The molecule has 1 aromatic heterocycles. The Balaban J connectivity index is 2.24. The number of aromatic nitrogens is 2. The van der Waals surface area contributed by atoms with Gasteiger partial charge in [0.05, 0.1) is 12.7 Å². The first-order chi connectivity index (χ1) is 10.7. The Morgan fingerprint density at radius 3 is 2.41 bits per heavy atom. The van der Waals surface area contributed by atoms with E-state index in [2.05, 4.69) is 17.2 Å². The molecule has 0 spiro atoms. The summed E-state index contributed by atoms with van der Waals surface area (Å²) in [5.41, 5.74) is 5.58. The first-order valence-corrected chi connectivity index (χ1v) is 8.45. The van der Waals surface area contributed by atoms with Crippen LogP contribution < -0.4 is 20.5 Å². The van der Waals surface area contributed by atoms with Crippen molar-refractivity contribution in [1.82, 2.24) is 4.98 Å². The number of ether oxygens (including phenoxy) is 1. The van der Waals surface area contributed by atoms with Crippen molar-refractivity contribution in [3.8, 4) is 5.88 Å². The van der Waals surface area contributed by atoms with Crippen molar-refractivity contribution in [2.45, 2.75) is 65.2 Å². The molecule has 0 fully saturated rings. The minimum atomic E-state index is -0.0932. The molecule has 0 amide bonds. The molecule has 0 aliphatic rings. The van der Waals surface area contributed by atoms with Crippen LogP contribution in [0.3, 0.4) is 0 Å². The number of nitrogen functional groups attached to an aromatic ring is 1. The normalized spacial score (nSPS) is 10.6. The number of nitrogens with two attached hydrogens (primary N) is 1. The van der Waals surface area contributed by atoms with E-state index >= 15 is 0 Å². The average Bonchev–Trinajstić information content (AvgIpc) is 2.50. The van der Waals surface area contributed by atoms with Gasteiger partial charge in [-0.05, 0) is 13.3 Å². The Bertz CT molecular complexity index is 427. The summed E-state index contributed by atoms with van der Waals surface area (Å²) in [7, 11) is 0. The maximum absolute atomic E-state index is 11.8. The zero-order chi connectivity index (χ0) is 16.2. The van der Waals surface area contributed by atoms with Crippen LogP contribution in [0.4, 0.5) is 11.8 Å². The molecular formula is C16H30N4O2. The van der Waals surface area contributed by atoms with E-state index in [-0.39, 0.29) is 5.95 Å². The number of nitrogens with one attached hydrogen (secondary N) is 1. The summed E-state index contributed by atoms with van der Waals surface area (Å²) in [4.78, 5) is 3.88. The predicted octanol–water partition coefficient (Wildman–Crippen LogP) is 3.25. The highest BCUT2D eigenvalue weighted by Crippen LogP contribution is 2.13. The summed E-state index contributed by atoms with van der Waals surface area (Å²) in [5.74, 6) is 0.689. The number of hydrogen-bond acceptors (Lipinski definition) is 5. The van der Waals surface area contributed by atoms with E-state index in [1.807, 2.05) is 6.92 Å². The monoisotopic (exact) mass is 310 g/mol. The van der Waals surface area contributed by atoms with Gasteiger partial charge in [-0.15, -0.1) is 0 Å². The van der Waals surface area contributed by atoms with Gasteiger partial charge in [0.15, 0.2) is 0 Å². The lowest BCUT2D eigenvalue weighted by molar-refractivity contribution is -0.577. The van der Waals surface area contributed by atoms with Crippen LogP contribution >= 0.6 is 0 Å². The van der Waals surface area contributed by atoms with Crippen molar-refractivity contribution < 1.29 is 9.47 Å². The zero-order valence-electron chi connectivity index (χ0n) is 13.9. The van der Waals surface area contributed by atoms with Gasteiger partial charge in [0.2, 0.25) is 5.82 Å². The maximum Gasteiger partial charge on any atom is 0.347 e. The van der Waals surface area contributed by atoms with Gasteiger partial charge < -0.3 is 21.0 Å². The molecule has 0 bridgehead atoms. The van der Waals surface area contributed by atoms with Gasteiger partial charge in [0.1, 0.15) is 0 Å². The van der Waals surface area contributed by atoms with Crippen molar-refractivity contribution in [3.63, 3.8) is 0 Å². The molecule has 1 rings (SSSR count). The summed E-state index contributed by atoms with van der Waals surface area (Å²) >= 11 is 0. The summed E-state index contributed by atoms with van der Waals surface area (Å²) < 4.78 is 5.90. The van der Waals surface area contributed by atoms with Crippen LogP contribution in [0.25, 0.3) is 0 Å². The van der Waals surface area contributed by atoms with E-state index in [1.54, 1.807) is 6.07 Å². The van der Waals surface area contributed by atoms with E-state index in [1.165, 1.54) is 44.9 Å². The summed E-state index contributed by atoms with van der Waals surface area (Å²) in [6.07, 6.45) is 10.1. The van der Waals surface area contributed by atoms with E-state index in [4.69, 9.17) is 10.5 Å². The molecule has 0 aromatic carbocycles. The quantitative estimate of drug-likeness (QED) is 0.351. The fraction of sp³-hybridized carbons (Fsp3) is 0.750. The van der Waals surface area contributed by atoms with Crippen molar-refractivity contribution in [1.29, 1.82) is 0 Å². The van der Waals surface area contributed by atoms with Crippen LogP contribution in [0.2, 0.25) is 0 Å². The molecule has 0 unspecified atom stereocenters. The largest absolute Gasteiger partial charge is 0.754 e. The molecule has 22 heavy (non-hydrogen) atoms. The van der Waals surface area contributed by atoms with E-state index in [0.717, 1.165) is 13.0 Å². The van der Waals surface area contributed by atoms with Gasteiger partial charge >= 0.3 is 5.95 Å². The lowest BCUT2D eigenvalue weighted by Crippen LogP contribution is -2.36. The highest BCUT2D eigenvalue weighted by Gasteiger charge is 2.10. The van der Waals surface area contributed by atoms with Gasteiger partial charge in [-0.3, -0.25) is 0 Å². The van der Waals surface area contributed by atoms with Crippen LogP contribution in [0.1, 0.15) is 65.2 Å². The number of hydrogen-bond donors (Lipinski definition) is 2. The number of unbranched alkanes of at least 4 members (excludes halogenated alkanes) is 7. The van der Waals surface area contributed by atoms with Crippen molar-refractivity contribution in [2.75, 3.05) is 24.2 Å². The van der Waals surface area contributed by atoms with Crippen LogP contribution in [-0.2, 0) is 0 Å². The van der Waals surface area contributed by atoms with E-state index < -0.39 is 0 Å². The van der Waals surface area contributed by atoms with E-state index in [0.29, 0.717) is 23.0 Å². The molecule has 3 N–H and O–H groups in total. The lowest BCUT2D eigenvalue weighted by Gasteiger charge is -2.14. The number of anilines is 2. The number of nitrogens with zero attached hydrogens (tertiary/aromatic N) is 2. The molecule has 126 valence electrons. The Labute approximate surface area is 133 Å². The Morgan fingerprint density at radius 2 is 1.77 bits per heavy atom. The van der Waals surface area contributed by atoms with Crippen molar-refractivity contribution in [3.05, 3.63) is 11.3 Å². The van der Waals surface area contributed by atoms with Gasteiger partial charge in [0, 0.05) is 6.54 Å². The summed E-state index contributed by atoms with van der Waals surface area (Å²) in [5, 5.41) is 14.9. The Hall–Kier alpha value is -1.72. The highest BCUT2D eigenvalue weighted by molar-refractivity contribution is 5.36.